The largest absolute Gasteiger partial charge is 0.365 e. The Hall–Kier alpha value is -0.300. The van der Waals surface area contributed by atoms with E-state index >= 15 is 0 Å². The van der Waals surface area contributed by atoms with Crippen LogP contribution in [0.25, 0.3) is 0 Å². The molecule has 4 rings (SSSR count). The van der Waals surface area contributed by atoms with E-state index in [4.69, 9.17) is 4.74 Å². The maximum Gasteiger partial charge on any atom is 0.101 e. The van der Waals surface area contributed by atoms with E-state index in [2.05, 4.69) is 33.4 Å². The molecule has 7 atom stereocenters. The fourth-order valence-corrected chi connectivity index (χ4v) is 6.36. The first kappa shape index (κ1) is 13.4. The predicted octanol–water partition coefficient (Wildman–Crippen LogP) is 4.96. The van der Waals surface area contributed by atoms with Crippen molar-refractivity contribution in [2.45, 2.75) is 77.4 Å². The van der Waals surface area contributed by atoms with Gasteiger partial charge in [0.05, 0.1) is 6.10 Å². The molecule has 1 aliphatic heterocycles. The zero-order chi connectivity index (χ0) is 14.2. The summed E-state index contributed by atoms with van der Waals surface area (Å²) in [4.78, 5) is 0. The fraction of sp³-hybridized carbons (Fsp3) is 0.895. The Balaban J connectivity index is 1.70. The number of epoxide rings is 1. The predicted molar refractivity (Wildman–Crippen MR) is 82.5 cm³/mol. The summed E-state index contributed by atoms with van der Waals surface area (Å²) in [6.07, 6.45) is 12.3. The average Bonchev–Trinajstić information content (AvgIpc) is 3.12. The highest BCUT2D eigenvalue weighted by Crippen LogP contribution is 2.72. The molecule has 1 spiro atoms. The normalized spacial score (nSPS) is 61.0. The topological polar surface area (TPSA) is 12.5 Å². The lowest BCUT2D eigenvalue weighted by molar-refractivity contribution is -0.0780. The molecule has 112 valence electrons. The summed E-state index contributed by atoms with van der Waals surface area (Å²) in [6.45, 7) is 11.6. The van der Waals surface area contributed by atoms with E-state index in [0.717, 1.165) is 17.8 Å². The maximum atomic E-state index is 6.46. The molecule has 0 amide bonds. The molecule has 0 bridgehead atoms. The Bertz CT molecular complexity index is 443. The first-order chi connectivity index (χ1) is 9.44. The van der Waals surface area contributed by atoms with Crippen LogP contribution in [0.2, 0.25) is 0 Å². The fourth-order valence-electron chi connectivity index (χ4n) is 6.36. The number of allylic oxidation sites excluding steroid dienone is 1. The van der Waals surface area contributed by atoms with E-state index in [1.165, 1.54) is 44.9 Å². The quantitative estimate of drug-likeness (QED) is 0.486. The molecule has 1 heterocycles. The van der Waals surface area contributed by atoms with Crippen LogP contribution in [0.5, 0.6) is 0 Å². The Morgan fingerprint density at radius 3 is 2.75 bits per heavy atom. The third kappa shape index (κ3) is 1.48. The molecule has 0 radical (unpaired) electrons. The summed E-state index contributed by atoms with van der Waals surface area (Å²) in [6, 6.07) is 0. The van der Waals surface area contributed by atoms with E-state index < -0.39 is 0 Å². The molecule has 20 heavy (non-hydrogen) atoms. The second kappa shape index (κ2) is 3.91. The molecule has 3 saturated carbocycles. The van der Waals surface area contributed by atoms with Crippen molar-refractivity contribution in [1.29, 1.82) is 0 Å². The molecule has 4 fully saturated rings. The molecule has 3 aliphatic carbocycles. The van der Waals surface area contributed by atoms with Crippen LogP contribution in [0, 0.1) is 28.6 Å². The van der Waals surface area contributed by atoms with E-state index in [1.807, 2.05) is 0 Å². The van der Waals surface area contributed by atoms with Crippen molar-refractivity contribution in [3.05, 3.63) is 12.7 Å². The molecule has 4 aliphatic rings. The van der Waals surface area contributed by atoms with Crippen LogP contribution in [-0.2, 0) is 4.74 Å². The molecular formula is C19H30O. The van der Waals surface area contributed by atoms with Crippen LogP contribution < -0.4 is 0 Å². The Kier molecular flexibility index (Phi) is 2.61. The van der Waals surface area contributed by atoms with Gasteiger partial charge < -0.3 is 4.74 Å². The van der Waals surface area contributed by atoms with Crippen molar-refractivity contribution in [3.8, 4) is 0 Å². The van der Waals surface area contributed by atoms with Gasteiger partial charge in [-0.1, -0.05) is 39.7 Å². The smallest absolute Gasteiger partial charge is 0.101 e. The lowest BCUT2D eigenvalue weighted by Gasteiger charge is -2.57. The van der Waals surface area contributed by atoms with Crippen LogP contribution in [0.1, 0.15) is 65.7 Å². The van der Waals surface area contributed by atoms with Gasteiger partial charge in [-0.2, -0.15) is 0 Å². The van der Waals surface area contributed by atoms with Crippen molar-refractivity contribution < 1.29 is 4.74 Å². The minimum atomic E-state index is 0.215. The number of fused-ring (bicyclic) bond motifs is 2. The summed E-state index contributed by atoms with van der Waals surface area (Å²) in [5.74, 6) is 2.77. The minimum Gasteiger partial charge on any atom is -0.365 e. The van der Waals surface area contributed by atoms with Crippen LogP contribution in [-0.4, -0.2) is 11.7 Å². The first-order valence-electron chi connectivity index (χ1n) is 8.76. The highest BCUT2D eigenvalue weighted by Gasteiger charge is 2.75. The number of rotatable bonds is 1. The lowest BCUT2D eigenvalue weighted by Crippen LogP contribution is -2.56. The van der Waals surface area contributed by atoms with E-state index in [9.17, 15) is 0 Å². The molecule has 0 unspecified atom stereocenters. The van der Waals surface area contributed by atoms with Gasteiger partial charge in [0.15, 0.2) is 0 Å². The van der Waals surface area contributed by atoms with Gasteiger partial charge in [-0.15, -0.1) is 6.58 Å². The standard InChI is InChI=1S/C19H30O/c1-5-17(3)9-10-18(4)15-8-6-7-13(2)14(15)11-16-19(18,12-17)20-16/h5,13-16H,1,6-12H2,2-4H3/t13-,14+,15+,16+,17-,18-,19+/m1/s1. The highest BCUT2D eigenvalue weighted by atomic mass is 16.6. The van der Waals surface area contributed by atoms with Crippen LogP contribution in [0.3, 0.4) is 0 Å². The van der Waals surface area contributed by atoms with Gasteiger partial charge in [0.1, 0.15) is 5.60 Å². The van der Waals surface area contributed by atoms with E-state index in [1.54, 1.807) is 0 Å². The van der Waals surface area contributed by atoms with Gasteiger partial charge in [-0.25, -0.2) is 0 Å². The molecule has 0 aromatic carbocycles. The average molecular weight is 274 g/mol. The van der Waals surface area contributed by atoms with Crippen LogP contribution in [0.15, 0.2) is 12.7 Å². The lowest BCUT2D eigenvalue weighted by atomic mass is 9.45. The number of hydrogen-bond acceptors (Lipinski definition) is 1. The summed E-state index contributed by atoms with van der Waals surface area (Å²) < 4.78 is 6.46. The Labute approximate surface area is 124 Å². The third-order valence-electron chi connectivity index (χ3n) is 7.88. The monoisotopic (exact) mass is 274 g/mol. The zero-order valence-electron chi connectivity index (χ0n) is 13.5. The maximum absolute atomic E-state index is 6.46. The molecule has 1 heteroatoms. The van der Waals surface area contributed by atoms with Gasteiger partial charge in [-0.3, -0.25) is 0 Å². The van der Waals surface area contributed by atoms with E-state index in [-0.39, 0.29) is 5.60 Å². The van der Waals surface area contributed by atoms with Gasteiger partial charge in [0, 0.05) is 5.41 Å². The summed E-state index contributed by atoms with van der Waals surface area (Å²) in [7, 11) is 0. The second-order valence-corrected chi connectivity index (χ2v) is 8.86. The number of hydrogen-bond donors (Lipinski definition) is 0. The van der Waals surface area contributed by atoms with Crippen molar-refractivity contribution >= 4 is 0 Å². The number of ether oxygens (including phenoxy) is 1. The molecule has 1 saturated heterocycles. The SMILES string of the molecule is C=C[C@]1(C)CC[C@]2(C)[C@H]3CCC[C@@H](C)[C@@H]3C[C@@H]3O[C@@]32C1. The molecule has 1 nitrogen and oxygen atoms in total. The van der Waals surface area contributed by atoms with Crippen molar-refractivity contribution in [3.63, 3.8) is 0 Å². The summed E-state index contributed by atoms with van der Waals surface area (Å²) in [5, 5.41) is 0. The molecule has 0 aromatic heterocycles. The zero-order valence-corrected chi connectivity index (χ0v) is 13.5. The summed E-state index contributed by atoms with van der Waals surface area (Å²) >= 11 is 0. The second-order valence-electron chi connectivity index (χ2n) is 8.86. The van der Waals surface area contributed by atoms with Gasteiger partial charge in [-0.05, 0) is 55.3 Å². The van der Waals surface area contributed by atoms with Crippen LogP contribution >= 0.6 is 0 Å². The van der Waals surface area contributed by atoms with Gasteiger partial charge in [0.2, 0.25) is 0 Å². The Morgan fingerprint density at radius 1 is 1.20 bits per heavy atom. The minimum absolute atomic E-state index is 0.215. The summed E-state index contributed by atoms with van der Waals surface area (Å²) in [5.41, 5.74) is 0.964. The molecular weight excluding hydrogens is 244 g/mol. The Morgan fingerprint density at radius 2 is 2.00 bits per heavy atom. The third-order valence-corrected chi connectivity index (χ3v) is 7.88. The van der Waals surface area contributed by atoms with Crippen molar-refractivity contribution in [2.24, 2.45) is 28.6 Å². The van der Waals surface area contributed by atoms with Crippen molar-refractivity contribution in [2.75, 3.05) is 0 Å². The van der Waals surface area contributed by atoms with Gasteiger partial charge >= 0.3 is 0 Å². The first-order valence-corrected chi connectivity index (χ1v) is 8.76. The van der Waals surface area contributed by atoms with Crippen LogP contribution in [0.4, 0.5) is 0 Å². The van der Waals surface area contributed by atoms with Crippen molar-refractivity contribution in [1.82, 2.24) is 0 Å². The van der Waals surface area contributed by atoms with Gasteiger partial charge in [0.25, 0.3) is 0 Å². The molecule has 0 aromatic rings. The molecule has 0 N–H and O–H groups in total. The van der Waals surface area contributed by atoms with E-state index in [0.29, 0.717) is 16.9 Å². The highest BCUT2D eigenvalue weighted by molar-refractivity contribution is 5.24.